The van der Waals surface area contributed by atoms with Crippen molar-refractivity contribution in [2.45, 2.75) is 92.4 Å². The van der Waals surface area contributed by atoms with E-state index in [1.165, 1.54) is 0 Å². The number of aromatic hydroxyl groups is 2. The SMILES string of the molecule is Cc1cc(C(CC(C)C)c2cc(C)cc(C(C)(C)C)c2O)c(O)c(C(C)(C)C)c1. The quantitative estimate of drug-likeness (QED) is 0.562. The number of phenolic OH excluding ortho intramolecular Hbond substituents is 2. The van der Waals surface area contributed by atoms with Crippen molar-refractivity contribution in [1.82, 2.24) is 0 Å². The van der Waals surface area contributed by atoms with Crippen molar-refractivity contribution in [2.75, 3.05) is 0 Å². The highest BCUT2D eigenvalue weighted by Crippen LogP contribution is 2.46. The van der Waals surface area contributed by atoms with Crippen LogP contribution in [0, 0.1) is 19.8 Å². The topological polar surface area (TPSA) is 40.5 Å². The minimum Gasteiger partial charge on any atom is -0.507 e. The van der Waals surface area contributed by atoms with Crippen LogP contribution in [0.15, 0.2) is 24.3 Å². The molecule has 0 heterocycles. The molecule has 0 spiro atoms. The number of benzene rings is 2. The lowest BCUT2D eigenvalue weighted by Crippen LogP contribution is -2.16. The number of aryl methyl sites for hydroxylation is 2. The first-order valence-corrected chi connectivity index (χ1v) is 10.8. The molecule has 2 N–H and O–H groups in total. The van der Waals surface area contributed by atoms with Crippen LogP contribution < -0.4 is 0 Å². The second-order valence-corrected chi connectivity index (χ2v) is 11.2. The summed E-state index contributed by atoms with van der Waals surface area (Å²) >= 11 is 0. The maximum absolute atomic E-state index is 11.3. The fourth-order valence-corrected chi connectivity index (χ4v) is 4.18. The molecule has 0 unspecified atom stereocenters. The fourth-order valence-electron chi connectivity index (χ4n) is 4.18. The van der Waals surface area contributed by atoms with E-state index in [2.05, 4.69) is 93.5 Å². The molecule has 0 aromatic heterocycles. The van der Waals surface area contributed by atoms with Crippen LogP contribution in [0.2, 0.25) is 0 Å². The Morgan fingerprint density at radius 1 is 0.690 bits per heavy atom. The summed E-state index contributed by atoms with van der Waals surface area (Å²) in [5, 5.41) is 22.6. The highest BCUT2D eigenvalue weighted by Gasteiger charge is 2.30. The summed E-state index contributed by atoms with van der Waals surface area (Å²) in [5.74, 6) is 1.10. The zero-order valence-corrected chi connectivity index (χ0v) is 20.1. The lowest BCUT2D eigenvalue weighted by atomic mass is 9.76. The van der Waals surface area contributed by atoms with Gasteiger partial charge in [0.1, 0.15) is 11.5 Å². The standard InChI is InChI=1S/C27H40O2/c1-16(2)11-19(20-12-17(3)14-22(24(20)28)26(5,6)7)21-13-18(4)15-23(25(21)29)27(8,9)10/h12-16,19,28-29H,11H2,1-10H3. The molecular weight excluding hydrogens is 356 g/mol. The van der Waals surface area contributed by atoms with Gasteiger partial charge in [0.2, 0.25) is 0 Å². The van der Waals surface area contributed by atoms with E-state index in [1.807, 2.05) is 0 Å². The van der Waals surface area contributed by atoms with E-state index in [9.17, 15) is 10.2 Å². The second-order valence-electron chi connectivity index (χ2n) is 11.2. The van der Waals surface area contributed by atoms with Crippen molar-refractivity contribution in [3.05, 3.63) is 57.6 Å². The Balaban J connectivity index is 2.83. The number of rotatable bonds is 4. The van der Waals surface area contributed by atoms with Crippen molar-refractivity contribution in [1.29, 1.82) is 0 Å². The molecule has 0 bridgehead atoms. The van der Waals surface area contributed by atoms with E-state index in [-0.39, 0.29) is 16.7 Å². The molecule has 2 rings (SSSR count). The zero-order chi connectivity index (χ0) is 22.3. The average molecular weight is 397 g/mol. The van der Waals surface area contributed by atoms with Gasteiger partial charge in [-0.2, -0.15) is 0 Å². The van der Waals surface area contributed by atoms with Crippen molar-refractivity contribution in [2.24, 2.45) is 5.92 Å². The highest BCUT2D eigenvalue weighted by molar-refractivity contribution is 5.56. The first-order chi connectivity index (χ1) is 13.1. The third-order valence-corrected chi connectivity index (χ3v) is 5.64. The molecular formula is C27H40O2. The Bertz CT molecular complexity index is 807. The normalized spacial score (nSPS) is 12.8. The zero-order valence-electron chi connectivity index (χ0n) is 20.1. The largest absolute Gasteiger partial charge is 0.507 e. The van der Waals surface area contributed by atoms with E-state index in [1.54, 1.807) is 0 Å². The third kappa shape index (κ3) is 5.15. The first-order valence-electron chi connectivity index (χ1n) is 10.8. The molecule has 160 valence electrons. The van der Waals surface area contributed by atoms with E-state index in [0.29, 0.717) is 17.4 Å². The van der Waals surface area contributed by atoms with E-state index >= 15 is 0 Å². The van der Waals surface area contributed by atoms with Gasteiger partial charge in [-0.25, -0.2) is 0 Å². The molecule has 0 radical (unpaired) electrons. The Hall–Kier alpha value is -1.96. The fraction of sp³-hybridized carbons (Fsp3) is 0.556. The van der Waals surface area contributed by atoms with E-state index in [4.69, 9.17) is 0 Å². The summed E-state index contributed by atoms with van der Waals surface area (Å²) in [6.45, 7) is 21.3. The van der Waals surface area contributed by atoms with Crippen LogP contribution in [0.3, 0.4) is 0 Å². The summed E-state index contributed by atoms with van der Waals surface area (Å²) in [5.41, 5.74) is 5.73. The first kappa shape index (κ1) is 23.3. The van der Waals surface area contributed by atoms with Crippen LogP contribution in [-0.4, -0.2) is 10.2 Å². The molecule has 0 aliphatic rings. The van der Waals surface area contributed by atoms with E-state index < -0.39 is 0 Å². The van der Waals surface area contributed by atoms with Gasteiger partial charge < -0.3 is 10.2 Å². The Kier molecular flexibility index (Phi) is 6.47. The molecule has 2 aromatic rings. The molecule has 0 aliphatic carbocycles. The van der Waals surface area contributed by atoms with Crippen molar-refractivity contribution in [3.8, 4) is 11.5 Å². The Labute approximate surface area is 178 Å². The summed E-state index contributed by atoms with van der Waals surface area (Å²) in [6, 6.07) is 8.36. The van der Waals surface area contributed by atoms with Crippen molar-refractivity contribution in [3.63, 3.8) is 0 Å². The smallest absolute Gasteiger partial charge is 0.123 e. The number of hydrogen-bond acceptors (Lipinski definition) is 2. The highest BCUT2D eigenvalue weighted by atomic mass is 16.3. The van der Waals surface area contributed by atoms with Gasteiger partial charge in [-0.3, -0.25) is 0 Å². The van der Waals surface area contributed by atoms with Crippen molar-refractivity contribution < 1.29 is 10.2 Å². The molecule has 29 heavy (non-hydrogen) atoms. The maximum Gasteiger partial charge on any atom is 0.123 e. The monoisotopic (exact) mass is 396 g/mol. The van der Waals surface area contributed by atoms with E-state index in [0.717, 1.165) is 39.8 Å². The van der Waals surface area contributed by atoms with Crippen LogP contribution in [0.4, 0.5) is 0 Å². The summed E-state index contributed by atoms with van der Waals surface area (Å²) in [4.78, 5) is 0. The molecule has 0 saturated heterocycles. The van der Waals surface area contributed by atoms with Crippen LogP contribution >= 0.6 is 0 Å². The predicted octanol–water partition coefficient (Wildman–Crippen LogP) is 7.49. The molecule has 2 aromatic carbocycles. The van der Waals surface area contributed by atoms with Gasteiger partial charge in [-0.15, -0.1) is 0 Å². The molecule has 0 atom stereocenters. The average Bonchev–Trinajstić information content (AvgIpc) is 2.54. The van der Waals surface area contributed by atoms with Gasteiger partial charge in [0.05, 0.1) is 0 Å². The van der Waals surface area contributed by atoms with Gasteiger partial charge in [0, 0.05) is 17.0 Å². The summed E-state index contributed by atoms with van der Waals surface area (Å²) < 4.78 is 0. The van der Waals surface area contributed by atoms with Crippen LogP contribution in [0.25, 0.3) is 0 Å². The Morgan fingerprint density at radius 3 is 1.31 bits per heavy atom. The molecule has 2 nitrogen and oxygen atoms in total. The molecule has 2 heteroatoms. The van der Waals surface area contributed by atoms with Crippen LogP contribution in [-0.2, 0) is 10.8 Å². The van der Waals surface area contributed by atoms with Crippen LogP contribution in [0.5, 0.6) is 11.5 Å². The third-order valence-electron chi connectivity index (χ3n) is 5.64. The lowest BCUT2D eigenvalue weighted by molar-refractivity contribution is 0.417. The van der Waals surface area contributed by atoms with Crippen LogP contribution in [0.1, 0.15) is 101 Å². The second kappa shape index (κ2) is 8.05. The predicted molar refractivity (Wildman–Crippen MR) is 124 cm³/mol. The Morgan fingerprint density at radius 2 is 1.03 bits per heavy atom. The summed E-state index contributed by atoms with van der Waals surface area (Å²) in [7, 11) is 0. The molecule has 0 aliphatic heterocycles. The molecule has 0 saturated carbocycles. The van der Waals surface area contributed by atoms with Gasteiger partial charge in [-0.05, 0) is 48.1 Å². The minimum atomic E-state index is -0.154. The molecule has 0 fully saturated rings. The lowest BCUT2D eigenvalue weighted by Gasteiger charge is -2.30. The number of hydrogen-bond donors (Lipinski definition) is 2. The van der Waals surface area contributed by atoms with Gasteiger partial charge in [0.15, 0.2) is 0 Å². The van der Waals surface area contributed by atoms with Gasteiger partial charge in [0.25, 0.3) is 0 Å². The minimum absolute atomic E-state index is 0.0583. The van der Waals surface area contributed by atoms with Gasteiger partial charge in [-0.1, -0.05) is 90.8 Å². The molecule has 0 amide bonds. The van der Waals surface area contributed by atoms with Gasteiger partial charge >= 0.3 is 0 Å². The maximum atomic E-state index is 11.3. The van der Waals surface area contributed by atoms with Crippen molar-refractivity contribution >= 4 is 0 Å². The number of phenols is 2. The summed E-state index contributed by atoms with van der Waals surface area (Å²) in [6.07, 6.45) is 0.862.